The number of carbonyl (C=O) groups excluding carboxylic acids is 2. The number of halogens is 1. The number of unbranched alkanes of at least 4 members (excludes halogenated alkanes) is 1. The molecule has 2 aliphatic heterocycles. The van der Waals surface area contributed by atoms with Gasteiger partial charge in [-0.05, 0) is 37.5 Å². The van der Waals surface area contributed by atoms with E-state index < -0.39 is 26.9 Å². The Morgan fingerprint density at radius 1 is 1.31 bits per heavy atom. The van der Waals surface area contributed by atoms with E-state index in [2.05, 4.69) is 16.0 Å². The van der Waals surface area contributed by atoms with Crippen LogP contribution in [0.3, 0.4) is 0 Å². The van der Waals surface area contributed by atoms with Crippen LogP contribution in [0.15, 0.2) is 18.2 Å². The first-order valence-corrected chi connectivity index (χ1v) is 10.3. The topological polar surface area (TPSA) is 104 Å². The summed E-state index contributed by atoms with van der Waals surface area (Å²) in [5.41, 5.74) is 1.21. The molecule has 2 fully saturated rings. The van der Waals surface area contributed by atoms with Gasteiger partial charge in [0.05, 0.1) is 23.1 Å². The van der Waals surface area contributed by atoms with Crippen molar-refractivity contribution in [1.29, 1.82) is 0 Å². The molecule has 1 aromatic carbocycles. The SMILES string of the molecule is Cc1ccc(F)cc1NC(=O)CCCC[C@@H]1[C@@H]2NC(=O)N[C@H]2CS1(=O)=O. The molecule has 0 aromatic heterocycles. The molecule has 0 saturated carbocycles. The van der Waals surface area contributed by atoms with Crippen molar-refractivity contribution >= 4 is 27.5 Å². The highest BCUT2D eigenvalue weighted by atomic mass is 32.2. The maximum absolute atomic E-state index is 13.2. The standard InChI is InChI=1S/C17H22FN3O4S/c1-10-6-7-11(18)8-12(10)19-15(22)5-3-2-4-14-16-13(9-26(14,24)25)20-17(23)21-16/h6-8,13-14,16H,2-5,9H2,1H3,(H,19,22)(H2,20,21,23)/t13-,14+,16+/m0/s1. The van der Waals surface area contributed by atoms with Gasteiger partial charge in [0.1, 0.15) is 5.82 Å². The lowest BCUT2D eigenvalue weighted by atomic mass is 10.0. The fourth-order valence-corrected chi connectivity index (χ4v) is 5.85. The van der Waals surface area contributed by atoms with Crippen molar-refractivity contribution in [3.63, 3.8) is 0 Å². The van der Waals surface area contributed by atoms with E-state index in [0.717, 1.165) is 5.56 Å². The molecule has 2 aliphatic rings. The quantitative estimate of drug-likeness (QED) is 0.511. The number of urea groups is 1. The minimum Gasteiger partial charge on any atom is -0.332 e. The molecular formula is C17H22FN3O4S. The van der Waals surface area contributed by atoms with E-state index in [4.69, 9.17) is 0 Å². The molecule has 0 radical (unpaired) electrons. The first-order valence-electron chi connectivity index (χ1n) is 8.61. The van der Waals surface area contributed by atoms with Crippen LogP contribution in [0, 0.1) is 12.7 Å². The average Bonchev–Trinajstić information content (AvgIpc) is 2.99. The highest BCUT2D eigenvalue weighted by molar-refractivity contribution is 7.92. The minimum absolute atomic E-state index is 0.0413. The second-order valence-corrected chi connectivity index (χ2v) is 9.14. The summed E-state index contributed by atoms with van der Waals surface area (Å²) < 4.78 is 37.7. The summed E-state index contributed by atoms with van der Waals surface area (Å²) in [5.74, 6) is -0.693. The zero-order chi connectivity index (χ0) is 18.9. The maximum atomic E-state index is 13.2. The first-order chi connectivity index (χ1) is 12.3. The molecule has 1 aromatic rings. The van der Waals surface area contributed by atoms with E-state index in [1.807, 2.05) is 0 Å². The van der Waals surface area contributed by atoms with Crippen molar-refractivity contribution in [2.75, 3.05) is 11.1 Å². The first kappa shape index (κ1) is 18.6. The smallest absolute Gasteiger partial charge is 0.315 e. The normalized spacial score (nSPS) is 26.1. The third kappa shape index (κ3) is 3.98. The Kier molecular flexibility index (Phi) is 5.17. The molecule has 2 saturated heterocycles. The predicted molar refractivity (Wildman–Crippen MR) is 95.1 cm³/mol. The summed E-state index contributed by atoms with van der Waals surface area (Å²) in [5, 5.41) is 7.36. The van der Waals surface area contributed by atoms with Gasteiger partial charge < -0.3 is 16.0 Å². The highest BCUT2D eigenvalue weighted by Crippen LogP contribution is 2.28. The number of aryl methyl sites for hydroxylation is 1. The summed E-state index contributed by atoms with van der Waals surface area (Å²) in [7, 11) is -3.25. The highest BCUT2D eigenvalue weighted by Gasteiger charge is 2.51. The van der Waals surface area contributed by atoms with Crippen molar-refractivity contribution < 1.29 is 22.4 Å². The Bertz CT molecular complexity index is 827. The van der Waals surface area contributed by atoms with E-state index in [9.17, 15) is 22.4 Å². The average molecular weight is 383 g/mol. The lowest BCUT2D eigenvalue weighted by Crippen LogP contribution is -2.39. The van der Waals surface area contributed by atoms with E-state index in [1.165, 1.54) is 12.1 Å². The third-order valence-corrected chi connectivity index (χ3v) is 7.21. The van der Waals surface area contributed by atoms with Crippen LogP contribution in [0.4, 0.5) is 14.9 Å². The van der Waals surface area contributed by atoms with Crippen LogP contribution in [0.25, 0.3) is 0 Å². The number of fused-ring (bicyclic) bond motifs is 1. The Balaban J connectivity index is 1.47. The van der Waals surface area contributed by atoms with Gasteiger partial charge in [-0.3, -0.25) is 4.79 Å². The minimum atomic E-state index is -3.25. The van der Waals surface area contributed by atoms with Gasteiger partial charge in [0.2, 0.25) is 5.91 Å². The largest absolute Gasteiger partial charge is 0.332 e. The molecule has 0 bridgehead atoms. The Labute approximate surface area is 151 Å². The Hall–Kier alpha value is -2.16. The number of benzene rings is 1. The third-order valence-electron chi connectivity index (χ3n) is 4.94. The second-order valence-electron chi connectivity index (χ2n) is 6.87. The number of carbonyl (C=O) groups is 2. The fourth-order valence-electron chi connectivity index (χ4n) is 3.58. The van der Waals surface area contributed by atoms with Crippen LogP contribution in [0.2, 0.25) is 0 Å². The monoisotopic (exact) mass is 383 g/mol. The molecule has 3 amide bonds. The number of hydrogen-bond acceptors (Lipinski definition) is 4. The van der Waals surface area contributed by atoms with Gasteiger partial charge in [-0.1, -0.05) is 12.5 Å². The molecule has 9 heteroatoms. The molecule has 3 N–H and O–H groups in total. The molecule has 2 heterocycles. The predicted octanol–water partition coefficient (Wildman–Crippen LogP) is 1.48. The Morgan fingerprint density at radius 3 is 2.85 bits per heavy atom. The molecule has 142 valence electrons. The van der Waals surface area contributed by atoms with Crippen LogP contribution in [0.1, 0.15) is 31.2 Å². The molecule has 0 spiro atoms. The van der Waals surface area contributed by atoms with Crippen LogP contribution in [-0.4, -0.2) is 43.4 Å². The zero-order valence-corrected chi connectivity index (χ0v) is 15.2. The van der Waals surface area contributed by atoms with Crippen LogP contribution in [0.5, 0.6) is 0 Å². The van der Waals surface area contributed by atoms with Crippen molar-refractivity contribution in [2.24, 2.45) is 0 Å². The van der Waals surface area contributed by atoms with E-state index in [0.29, 0.717) is 24.9 Å². The van der Waals surface area contributed by atoms with Crippen LogP contribution >= 0.6 is 0 Å². The van der Waals surface area contributed by atoms with E-state index >= 15 is 0 Å². The molecule has 0 unspecified atom stereocenters. The number of anilines is 1. The fraction of sp³-hybridized carbons (Fsp3) is 0.529. The van der Waals surface area contributed by atoms with Gasteiger partial charge >= 0.3 is 6.03 Å². The Morgan fingerprint density at radius 2 is 2.08 bits per heavy atom. The van der Waals surface area contributed by atoms with Gasteiger partial charge in [0, 0.05) is 12.1 Å². The summed E-state index contributed by atoms with van der Waals surface area (Å²) in [6.07, 6.45) is 1.70. The number of nitrogens with one attached hydrogen (secondary N) is 3. The van der Waals surface area contributed by atoms with Crippen molar-refractivity contribution in [2.45, 2.75) is 49.9 Å². The van der Waals surface area contributed by atoms with Gasteiger partial charge in [-0.25, -0.2) is 17.6 Å². The molecule has 26 heavy (non-hydrogen) atoms. The van der Waals surface area contributed by atoms with Crippen LogP contribution in [-0.2, 0) is 14.6 Å². The van der Waals surface area contributed by atoms with Crippen molar-refractivity contribution in [3.8, 4) is 0 Å². The molecule has 0 aliphatic carbocycles. The summed E-state index contributed by atoms with van der Waals surface area (Å²) in [4.78, 5) is 23.4. The van der Waals surface area contributed by atoms with Gasteiger partial charge in [-0.15, -0.1) is 0 Å². The molecule has 7 nitrogen and oxygen atoms in total. The molecular weight excluding hydrogens is 361 g/mol. The van der Waals surface area contributed by atoms with Gasteiger partial charge in [0.25, 0.3) is 0 Å². The van der Waals surface area contributed by atoms with E-state index in [1.54, 1.807) is 13.0 Å². The number of rotatable bonds is 6. The zero-order valence-electron chi connectivity index (χ0n) is 14.4. The van der Waals surface area contributed by atoms with Crippen molar-refractivity contribution in [1.82, 2.24) is 10.6 Å². The number of amides is 3. The summed E-state index contributed by atoms with van der Waals surface area (Å²) >= 11 is 0. The lowest BCUT2D eigenvalue weighted by Gasteiger charge is -2.16. The van der Waals surface area contributed by atoms with Crippen molar-refractivity contribution in [3.05, 3.63) is 29.6 Å². The van der Waals surface area contributed by atoms with E-state index in [-0.39, 0.29) is 30.2 Å². The van der Waals surface area contributed by atoms with Crippen LogP contribution < -0.4 is 16.0 Å². The number of sulfone groups is 1. The second kappa shape index (κ2) is 7.22. The maximum Gasteiger partial charge on any atom is 0.315 e. The summed E-state index contributed by atoms with van der Waals surface area (Å²) in [6, 6.07) is 3.11. The van der Waals surface area contributed by atoms with Gasteiger partial charge in [0.15, 0.2) is 9.84 Å². The van der Waals surface area contributed by atoms with Gasteiger partial charge in [-0.2, -0.15) is 0 Å². The lowest BCUT2D eigenvalue weighted by molar-refractivity contribution is -0.116. The molecule has 3 atom stereocenters. The molecule has 3 rings (SSSR count). The number of hydrogen-bond donors (Lipinski definition) is 3. The summed E-state index contributed by atoms with van der Waals surface area (Å²) in [6.45, 7) is 1.78.